The minimum Gasteiger partial charge on any atom is -0.463 e. The lowest BCUT2D eigenvalue weighted by molar-refractivity contribution is -0.164. The summed E-state index contributed by atoms with van der Waals surface area (Å²) in [7, 11) is 0. The van der Waals surface area contributed by atoms with Crippen LogP contribution in [0.5, 0.6) is 0 Å². The Hall–Kier alpha value is -4.07. The Morgan fingerprint density at radius 1 is 1.08 bits per heavy atom. The molecule has 2 aromatic heterocycles. The van der Waals surface area contributed by atoms with Crippen LogP contribution in [-0.4, -0.2) is 115 Å². The van der Waals surface area contributed by atoms with Gasteiger partial charge in [0.25, 0.3) is 11.4 Å². The monoisotopic (exact) mass is 718 g/mol. The van der Waals surface area contributed by atoms with Crippen LogP contribution in [0.3, 0.4) is 0 Å². The summed E-state index contributed by atoms with van der Waals surface area (Å²) < 4.78 is 24.7. The maximum Gasteiger partial charge on any atom is 0.308 e. The molecule has 0 aromatic carbocycles. The van der Waals surface area contributed by atoms with E-state index in [2.05, 4.69) is 15.0 Å². The van der Waals surface area contributed by atoms with Gasteiger partial charge in [-0.15, -0.1) is 0 Å². The first-order chi connectivity index (χ1) is 24.2. The van der Waals surface area contributed by atoms with Gasteiger partial charge in [0.2, 0.25) is 36.3 Å². The molecule has 18 heteroatoms. The number of carbonyl (C=O) groups excluding carboxylic acids is 3. The number of ether oxygens (including phenoxy) is 4. The number of aliphatic hydroxyl groups excluding tert-OH is 3. The Balaban J connectivity index is 1.68. The van der Waals surface area contributed by atoms with Gasteiger partial charge in [-0.25, -0.2) is 4.98 Å². The topological polar surface area (TPSA) is 228 Å². The number of rotatable bonds is 13. The molecular formula is C33H48N7O11+. The number of fused-ring (bicyclic) bond motifs is 1. The van der Waals surface area contributed by atoms with Gasteiger partial charge in [0.15, 0.2) is 12.2 Å². The van der Waals surface area contributed by atoms with E-state index in [9.17, 15) is 34.5 Å². The number of carbonyl (C=O) groups is 3. The van der Waals surface area contributed by atoms with Crippen molar-refractivity contribution in [3.63, 3.8) is 0 Å². The van der Waals surface area contributed by atoms with E-state index in [-0.39, 0.29) is 29.8 Å². The Morgan fingerprint density at radius 3 is 2.35 bits per heavy atom. The first-order valence-corrected chi connectivity index (χ1v) is 17.2. The minimum absolute atomic E-state index is 0.0932. The number of H-pyrrole nitrogens is 1. The minimum atomic E-state index is -1.64. The third-order valence-corrected chi connectivity index (χ3v) is 9.28. The molecule has 3 aliphatic rings. The van der Waals surface area contributed by atoms with Crippen LogP contribution in [0, 0.1) is 17.8 Å². The number of nitrogens with one attached hydrogen (secondary N) is 1. The van der Waals surface area contributed by atoms with Gasteiger partial charge in [0, 0.05) is 18.3 Å². The molecule has 0 bridgehead atoms. The number of hydrogen-bond acceptors (Lipinski definition) is 14. The molecule has 4 N–H and O–H groups in total. The average Bonchev–Trinajstić information content (AvgIpc) is 3.89. The number of anilines is 1. The van der Waals surface area contributed by atoms with Crippen LogP contribution in [0.1, 0.15) is 67.5 Å². The van der Waals surface area contributed by atoms with Crippen LogP contribution in [0.4, 0.5) is 17.5 Å². The molecule has 2 unspecified atom stereocenters. The van der Waals surface area contributed by atoms with Gasteiger partial charge >= 0.3 is 11.9 Å². The van der Waals surface area contributed by atoms with Gasteiger partial charge in [-0.3, -0.25) is 29.1 Å². The summed E-state index contributed by atoms with van der Waals surface area (Å²) in [6.07, 6.45) is -3.37. The Labute approximate surface area is 294 Å². The van der Waals surface area contributed by atoms with E-state index in [1.54, 1.807) is 64.8 Å². The molecule has 2 saturated heterocycles. The number of imidazole rings is 1. The molecule has 2 aromatic rings. The summed E-state index contributed by atoms with van der Waals surface area (Å²) in [6, 6.07) is 0. The zero-order valence-electron chi connectivity index (χ0n) is 29.8. The van der Waals surface area contributed by atoms with E-state index in [4.69, 9.17) is 23.9 Å². The lowest BCUT2D eigenvalue weighted by atomic mass is 10.1. The predicted molar refractivity (Wildman–Crippen MR) is 180 cm³/mol. The van der Waals surface area contributed by atoms with Crippen molar-refractivity contribution >= 4 is 41.6 Å². The Bertz CT molecular complexity index is 1660. The summed E-state index contributed by atoms with van der Waals surface area (Å²) in [5.74, 6) is -3.39. The van der Waals surface area contributed by atoms with Gasteiger partial charge in [-0.2, -0.15) is 14.5 Å². The third-order valence-electron chi connectivity index (χ3n) is 9.28. The lowest BCUT2D eigenvalue weighted by Gasteiger charge is -2.40. The SMILES string of the molecule is CCC(N(C(=O)C(C)C)c1nc2c(c(=O)[nH]1)N=C[N+]2([C@@H]1C[C@H](O)[C@@H](CO)O1)[C@@H]1O[C@H](COC(=O)C(C)C)[C@@H](OC(=O)C(C)C)[C@H]1O)n1ccnc1. The largest absolute Gasteiger partial charge is 0.463 e. The summed E-state index contributed by atoms with van der Waals surface area (Å²) >= 11 is 0. The van der Waals surface area contributed by atoms with Gasteiger partial charge in [-0.1, -0.05) is 48.5 Å². The fraction of sp³-hybridized carbons (Fsp3) is 0.667. The molecule has 9 atom stereocenters. The van der Waals surface area contributed by atoms with Gasteiger partial charge in [0.1, 0.15) is 25.0 Å². The molecule has 3 aliphatic heterocycles. The van der Waals surface area contributed by atoms with Crippen LogP contribution in [0.15, 0.2) is 28.5 Å². The third kappa shape index (κ3) is 7.07. The van der Waals surface area contributed by atoms with E-state index in [1.807, 2.05) is 6.92 Å². The second kappa shape index (κ2) is 15.3. The molecule has 1 amide bonds. The number of nitrogens with zero attached hydrogens (tertiary/aromatic N) is 6. The first kappa shape index (κ1) is 38.2. The molecule has 0 saturated carbocycles. The number of aliphatic imine (C=N–C) groups is 1. The highest BCUT2D eigenvalue weighted by atomic mass is 16.6. The lowest BCUT2D eigenvalue weighted by Crippen LogP contribution is -2.65. The van der Waals surface area contributed by atoms with Crippen molar-refractivity contribution in [1.82, 2.24) is 24.0 Å². The summed E-state index contributed by atoms with van der Waals surface area (Å²) in [5, 5.41) is 32.9. The molecule has 5 rings (SSSR count). The summed E-state index contributed by atoms with van der Waals surface area (Å²) in [5.41, 5.74) is -0.902. The second-order valence-electron chi connectivity index (χ2n) is 13.9. The van der Waals surface area contributed by atoms with Crippen LogP contribution in [-0.2, 0) is 33.3 Å². The Kier molecular flexibility index (Phi) is 11.4. The maximum absolute atomic E-state index is 13.9. The zero-order chi connectivity index (χ0) is 37.4. The quantitative estimate of drug-likeness (QED) is 0.167. The fourth-order valence-corrected chi connectivity index (χ4v) is 6.46. The Morgan fingerprint density at radius 2 is 1.78 bits per heavy atom. The average molecular weight is 719 g/mol. The van der Waals surface area contributed by atoms with Gasteiger partial charge in [0.05, 0.1) is 37.3 Å². The number of aliphatic hydroxyl groups is 3. The summed E-state index contributed by atoms with van der Waals surface area (Å²) in [4.78, 5) is 70.5. The predicted octanol–water partition coefficient (Wildman–Crippen LogP) is 0.866. The molecule has 5 heterocycles. The van der Waals surface area contributed by atoms with E-state index < -0.39 is 102 Å². The highest BCUT2D eigenvalue weighted by Crippen LogP contribution is 2.47. The van der Waals surface area contributed by atoms with Crippen molar-refractivity contribution in [2.24, 2.45) is 22.7 Å². The van der Waals surface area contributed by atoms with Crippen molar-refractivity contribution in [3.8, 4) is 0 Å². The number of hydrogen-bond donors (Lipinski definition) is 4. The molecular weight excluding hydrogens is 670 g/mol. The highest BCUT2D eigenvalue weighted by molar-refractivity contribution is 5.94. The van der Waals surface area contributed by atoms with Crippen LogP contribution in [0.25, 0.3) is 0 Å². The zero-order valence-corrected chi connectivity index (χ0v) is 29.8. The molecule has 18 nitrogen and oxygen atoms in total. The van der Waals surface area contributed by atoms with E-state index in [1.165, 1.54) is 11.2 Å². The molecule has 0 spiro atoms. The molecule has 0 aliphatic carbocycles. The highest BCUT2D eigenvalue weighted by Gasteiger charge is 2.65. The van der Waals surface area contributed by atoms with Crippen LogP contribution < -0.4 is 14.9 Å². The maximum atomic E-state index is 13.9. The van der Waals surface area contributed by atoms with Gasteiger partial charge < -0.3 is 38.8 Å². The number of quaternary nitrogens is 1. The number of aromatic nitrogens is 4. The van der Waals surface area contributed by atoms with E-state index in [0.29, 0.717) is 6.42 Å². The smallest absolute Gasteiger partial charge is 0.308 e. The van der Waals surface area contributed by atoms with Crippen molar-refractivity contribution in [3.05, 3.63) is 29.1 Å². The van der Waals surface area contributed by atoms with Crippen LogP contribution >= 0.6 is 0 Å². The van der Waals surface area contributed by atoms with Crippen molar-refractivity contribution in [2.45, 2.75) is 110 Å². The summed E-state index contributed by atoms with van der Waals surface area (Å²) in [6.45, 7) is 10.9. The van der Waals surface area contributed by atoms with Crippen molar-refractivity contribution in [2.75, 3.05) is 18.1 Å². The molecule has 0 radical (unpaired) electrons. The molecule has 280 valence electrons. The van der Waals surface area contributed by atoms with Crippen LogP contribution in [0.2, 0.25) is 0 Å². The fourth-order valence-electron chi connectivity index (χ4n) is 6.46. The number of esters is 2. The molecule has 51 heavy (non-hydrogen) atoms. The van der Waals surface area contributed by atoms with Crippen molar-refractivity contribution in [1.29, 1.82) is 0 Å². The number of aromatic amines is 1. The van der Waals surface area contributed by atoms with E-state index >= 15 is 0 Å². The molecule has 2 fully saturated rings. The van der Waals surface area contributed by atoms with Gasteiger partial charge in [-0.05, 0) is 6.42 Å². The van der Waals surface area contributed by atoms with E-state index in [0.717, 1.165) is 0 Å². The number of amides is 1. The first-order valence-electron chi connectivity index (χ1n) is 17.2. The second-order valence-corrected chi connectivity index (χ2v) is 13.9. The van der Waals surface area contributed by atoms with Crippen molar-refractivity contribution < 1.29 is 48.7 Å². The standard InChI is InChI=1S/C33H47N7O11/c1-8-22(38-10-9-34-14-38)39(29(45)16(2)3)33-36-27-24(28(44)37-33)35-15-40(27,23-11-19(42)20(12-41)49-23)30-25(43)26(51-32(47)18(6)7)21(50-30)13-48-31(46)17(4)5/h9-10,14-23,25-26,30,41-43H,8,11-13H2,1-7H3/p+1/t19-,20+,21+,22?,23-,25+,26+,30+,40?/m0/s1. The normalized spacial score (nSPS) is 29.2.